The minimum absolute atomic E-state index is 0.0396. The van der Waals surface area contributed by atoms with Gasteiger partial charge in [-0.1, -0.05) is 36.4 Å². The highest BCUT2D eigenvalue weighted by Gasteiger charge is 2.49. The number of carbonyl (C=O) groups is 2. The molecular weight excluding hydrogens is 296 g/mol. The summed E-state index contributed by atoms with van der Waals surface area (Å²) < 4.78 is 0. The van der Waals surface area contributed by atoms with E-state index < -0.39 is 0 Å². The number of amides is 1. The van der Waals surface area contributed by atoms with Crippen LogP contribution in [-0.2, 0) is 4.79 Å². The van der Waals surface area contributed by atoms with Crippen molar-refractivity contribution in [3.8, 4) is 0 Å². The molecule has 22 heavy (non-hydrogen) atoms. The summed E-state index contributed by atoms with van der Waals surface area (Å²) in [7, 11) is 0. The average molecular weight is 312 g/mol. The minimum Gasteiger partial charge on any atom is -0.293 e. The van der Waals surface area contributed by atoms with E-state index in [0.717, 1.165) is 10.4 Å². The van der Waals surface area contributed by atoms with Crippen molar-refractivity contribution in [2.24, 2.45) is 5.92 Å². The quantitative estimate of drug-likeness (QED) is 0.818. The summed E-state index contributed by atoms with van der Waals surface area (Å²) in [4.78, 5) is 25.7. The van der Waals surface area contributed by atoms with Gasteiger partial charge in [0.1, 0.15) is 0 Å². The predicted octanol–water partition coefficient (Wildman–Crippen LogP) is 2.75. The molecule has 4 rings (SSSR count). The van der Waals surface area contributed by atoms with E-state index >= 15 is 0 Å². The van der Waals surface area contributed by atoms with Crippen molar-refractivity contribution >= 4 is 23.0 Å². The van der Waals surface area contributed by atoms with Crippen LogP contribution in [0.4, 0.5) is 0 Å². The molecule has 5 heteroatoms. The monoisotopic (exact) mass is 312 g/mol. The molecule has 1 aromatic heterocycles. The number of hydrogen-bond acceptors (Lipinski definition) is 4. The van der Waals surface area contributed by atoms with Gasteiger partial charge < -0.3 is 0 Å². The van der Waals surface area contributed by atoms with E-state index in [-0.39, 0.29) is 23.7 Å². The van der Waals surface area contributed by atoms with Gasteiger partial charge in [0.25, 0.3) is 0 Å². The molecule has 2 fully saturated rings. The van der Waals surface area contributed by atoms with Crippen LogP contribution in [0.3, 0.4) is 0 Å². The van der Waals surface area contributed by atoms with Gasteiger partial charge >= 0.3 is 0 Å². The van der Waals surface area contributed by atoms with E-state index in [1.165, 1.54) is 11.3 Å². The third-order valence-electron chi connectivity index (χ3n) is 4.47. The Kier molecular flexibility index (Phi) is 3.32. The SMILES string of the molecule is O=C(c1cccs1)C1CN2C(=O)CCN2C1c1ccccc1. The van der Waals surface area contributed by atoms with E-state index in [1.807, 2.05) is 47.8 Å². The van der Waals surface area contributed by atoms with Crippen molar-refractivity contribution in [2.45, 2.75) is 12.5 Å². The fourth-order valence-corrected chi connectivity index (χ4v) is 4.20. The number of benzene rings is 1. The number of ketones is 1. The number of rotatable bonds is 3. The van der Waals surface area contributed by atoms with Crippen molar-refractivity contribution < 1.29 is 9.59 Å². The molecule has 2 aromatic rings. The lowest BCUT2D eigenvalue weighted by atomic mass is 9.89. The molecule has 0 bridgehead atoms. The molecule has 2 saturated heterocycles. The molecule has 0 N–H and O–H groups in total. The first-order chi connectivity index (χ1) is 10.8. The van der Waals surface area contributed by atoms with Gasteiger partial charge in [0.15, 0.2) is 5.78 Å². The maximum Gasteiger partial charge on any atom is 0.238 e. The Morgan fingerprint density at radius 3 is 2.68 bits per heavy atom. The molecule has 1 amide bonds. The summed E-state index contributed by atoms with van der Waals surface area (Å²) in [5.74, 6) is 0.0822. The van der Waals surface area contributed by atoms with E-state index in [1.54, 1.807) is 5.01 Å². The van der Waals surface area contributed by atoms with Crippen molar-refractivity contribution in [3.63, 3.8) is 0 Å². The summed E-state index contributed by atoms with van der Waals surface area (Å²) in [5, 5.41) is 5.77. The van der Waals surface area contributed by atoms with Gasteiger partial charge in [-0.2, -0.15) is 0 Å². The second-order valence-electron chi connectivity index (χ2n) is 5.69. The molecule has 4 nitrogen and oxygen atoms in total. The summed E-state index contributed by atoms with van der Waals surface area (Å²) in [6.07, 6.45) is 0.545. The van der Waals surface area contributed by atoms with Crippen LogP contribution in [0.25, 0.3) is 0 Å². The Balaban J connectivity index is 1.73. The Labute approximate surface area is 132 Å². The standard InChI is InChI=1S/C17H16N2O2S/c20-15-8-9-18-16(12-5-2-1-3-6-12)13(11-19(15)18)17(21)14-7-4-10-22-14/h1-7,10,13,16H,8-9,11H2. The highest BCUT2D eigenvalue weighted by molar-refractivity contribution is 7.12. The van der Waals surface area contributed by atoms with Crippen LogP contribution >= 0.6 is 11.3 Å². The van der Waals surface area contributed by atoms with Gasteiger partial charge in [-0.3, -0.25) is 14.6 Å². The molecule has 0 spiro atoms. The third kappa shape index (κ3) is 2.09. The Morgan fingerprint density at radius 2 is 1.95 bits per heavy atom. The van der Waals surface area contributed by atoms with E-state index in [2.05, 4.69) is 5.01 Å². The largest absolute Gasteiger partial charge is 0.293 e. The van der Waals surface area contributed by atoms with Crippen LogP contribution in [0.2, 0.25) is 0 Å². The minimum atomic E-state index is -0.190. The van der Waals surface area contributed by atoms with E-state index in [9.17, 15) is 9.59 Å². The van der Waals surface area contributed by atoms with E-state index in [4.69, 9.17) is 0 Å². The van der Waals surface area contributed by atoms with Crippen LogP contribution in [-0.4, -0.2) is 34.8 Å². The zero-order chi connectivity index (χ0) is 15.1. The predicted molar refractivity (Wildman–Crippen MR) is 84.4 cm³/mol. The molecule has 2 aliphatic rings. The van der Waals surface area contributed by atoms with Crippen molar-refractivity contribution in [1.29, 1.82) is 0 Å². The molecule has 0 radical (unpaired) electrons. The topological polar surface area (TPSA) is 40.6 Å². The van der Waals surface area contributed by atoms with Crippen molar-refractivity contribution in [2.75, 3.05) is 13.1 Å². The molecule has 0 aliphatic carbocycles. The van der Waals surface area contributed by atoms with Crippen LogP contribution in [0.1, 0.15) is 27.7 Å². The first kappa shape index (κ1) is 13.7. The number of Topliss-reactive ketones (excluding diaryl/α,β-unsaturated/α-hetero) is 1. The van der Waals surface area contributed by atoms with Gasteiger partial charge in [0.2, 0.25) is 5.91 Å². The summed E-state index contributed by atoms with van der Waals surface area (Å²) in [6, 6.07) is 13.8. The third-order valence-corrected chi connectivity index (χ3v) is 5.35. The fourth-order valence-electron chi connectivity index (χ4n) is 3.48. The number of hydrazine groups is 1. The maximum atomic E-state index is 12.9. The summed E-state index contributed by atoms with van der Waals surface area (Å²) in [5.41, 5.74) is 1.11. The van der Waals surface area contributed by atoms with Gasteiger partial charge in [-0.15, -0.1) is 11.3 Å². The van der Waals surface area contributed by atoms with Crippen molar-refractivity contribution in [3.05, 3.63) is 58.3 Å². The van der Waals surface area contributed by atoms with Gasteiger partial charge in [0, 0.05) is 19.5 Å². The van der Waals surface area contributed by atoms with Crippen LogP contribution in [0.5, 0.6) is 0 Å². The lowest BCUT2D eigenvalue weighted by Gasteiger charge is -2.26. The Morgan fingerprint density at radius 1 is 1.14 bits per heavy atom. The zero-order valence-corrected chi connectivity index (χ0v) is 12.8. The second kappa shape index (κ2) is 5.34. The van der Waals surface area contributed by atoms with Gasteiger partial charge in [0.05, 0.1) is 16.8 Å². The molecule has 2 atom stereocenters. The first-order valence-electron chi connectivity index (χ1n) is 7.45. The molecule has 3 heterocycles. The molecule has 2 unspecified atom stereocenters. The summed E-state index contributed by atoms with van der Waals surface area (Å²) >= 11 is 1.47. The van der Waals surface area contributed by atoms with E-state index in [0.29, 0.717) is 19.5 Å². The number of thiophene rings is 1. The van der Waals surface area contributed by atoms with Crippen LogP contribution in [0, 0.1) is 5.92 Å². The van der Waals surface area contributed by atoms with Gasteiger partial charge in [-0.25, -0.2) is 5.01 Å². The average Bonchev–Trinajstić information content (AvgIpc) is 3.25. The molecular formula is C17H16N2O2S. The van der Waals surface area contributed by atoms with Crippen LogP contribution in [0.15, 0.2) is 47.8 Å². The first-order valence-corrected chi connectivity index (χ1v) is 8.33. The molecule has 0 saturated carbocycles. The Hall–Kier alpha value is -1.98. The number of fused-ring (bicyclic) bond motifs is 1. The molecule has 2 aliphatic heterocycles. The Bertz CT molecular complexity index is 699. The van der Waals surface area contributed by atoms with Gasteiger partial charge in [-0.05, 0) is 17.0 Å². The van der Waals surface area contributed by atoms with Crippen molar-refractivity contribution in [1.82, 2.24) is 10.0 Å². The highest BCUT2D eigenvalue weighted by atomic mass is 32.1. The van der Waals surface area contributed by atoms with Crippen LogP contribution < -0.4 is 0 Å². The fraction of sp³-hybridized carbons (Fsp3) is 0.294. The smallest absolute Gasteiger partial charge is 0.238 e. The second-order valence-corrected chi connectivity index (χ2v) is 6.64. The summed E-state index contributed by atoms with van der Waals surface area (Å²) in [6.45, 7) is 1.20. The highest BCUT2D eigenvalue weighted by Crippen LogP contribution is 2.41. The number of nitrogens with zero attached hydrogens (tertiary/aromatic N) is 2. The molecule has 112 valence electrons. The normalized spacial score (nSPS) is 24.7. The lowest BCUT2D eigenvalue weighted by molar-refractivity contribution is -0.135. The number of carbonyl (C=O) groups excluding carboxylic acids is 2. The molecule has 1 aromatic carbocycles. The lowest BCUT2D eigenvalue weighted by Crippen LogP contribution is -2.33. The zero-order valence-electron chi connectivity index (χ0n) is 12.0. The maximum absolute atomic E-state index is 12.9. The number of hydrogen-bond donors (Lipinski definition) is 0.